The van der Waals surface area contributed by atoms with Gasteiger partial charge in [0.2, 0.25) is 0 Å². The Kier molecular flexibility index (Phi) is 6.22. The van der Waals surface area contributed by atoms with Crippen molar-refractivity contribution in [1.29, 1.82) is 0 Å². The van der Waals surface area contributed by atoms with E-state index in [9.17, 15) is 4.79 Å². The molecule has 4 heteroatoms. The standard InChI is InChI=1S/C14H21NO2S/c1-14(15-2,13(16)17)10-6-7-11-18-12-8-4-3-5-9-12/h3-5,8-9,15H,6-7,10-11H2,1-2H3,(H,16,17). The van der Waals surface area contributed by atoms with E-state index in [2.05, 4.69) is 17.4 Å². The molecular weight excluding hydrogens is 246 g/mol. The molecule has 100 valence electrons. The van der Waals surface area contributed by atoms with Crippen LogP contribution in [0.4, 0.5) is 0 Å². The molecule has 1 atom stereocenters. The number of unbranched alkanes of at least 4 members (excludes halogenated alkanes) is 1. The van der Waals surface area contributed by atoms with Crippen LogP contribution in [0.5, 0.6) is 0 Å². The third-order valence-corrected chi connectivity index (χ3v) is 4.21. The minimum atomic E-state index is -0.794. The lowest BCUT2D eigenvalue weighted by Gasteiger charge is -2.23. The van der Waals surface area contributed by atoms with Gasteiger partial charge in [-0.15, -0.1) is 11.8 Å². The molecule has 1 rings (SSSR count). The van der Waals surface area contributed by atoms with E-state index in [-0.39, 0.29) is 0 Å². The first kappa shape index (κ1) is 15.1. The predicted octanol–water partition coefficient (Wildman–Crippen LogP) is 3.01. The van der Waals surface area contributed by atoms with E-state index in [0.29, 0.717) is 6.42 Å². The average Bonchev–Trinajstić information content (AvgIpc) is 2.39. The molecule has 0 radical (unpaired) electrons. The first-order valence-electron chi connectivity index (χ1n) is 6.18. The van der Waals surface area contributed by atoms with Crippen LogP contribution in [-0.4, -0.2) is 29.4 Å². The van der Waals surface area contributed by atoms with Crippen molar-refractivity contribution >= 4 is 17.7 Å². The zero-order chi connectivity index (χ0) is 13.4. The number of nitrogens with one attached hydrogen (secondary N) is 1. The van der Waals surface area contributed by atoms with Crippen LogP contribution in [0.1, 0.15) is 26.2 Å². The van der Waals surface area contributed by atoms with Crippen LogP contribution in [0.15, 0.2) is 35.2 Å². The van der Waals surface area contributed by atoms with Gasteiger partial charge in [0.25, 0.3) is 0 Å². The lowest BCUT2D eigenvalue weighted by molar-refractivity contribution is -0.144. The highest BCUT2D eigenvalue weighted by Gasteiger charge is 2.29. The summed E-state index contributed by atoms with van der Waals surface area (Å²) in [5, 5.41) is 12.0. The van der Waals surface area contributed by atoms with Crippen molar-refractivity contribution in [2.75, 3.05) is 12.8 Å². The number of hydrogen-bond donors (Lipinski definition) is 2. The van der Waals surface area contributed by atoms with Gasteiger partial charge in [0.1, 0.15) is 5.54 Å². The highest BCUT2D eigenvalue weighted by atomic mass is 32.2. The molecule has 1 unspecified atom stereocenters. The van der Waals surface area contributed by atoms with E-state index in [1.54, 1.807) is 14.0 Å². The molecule has 0 aliphatic carbocycles. The maximum absolute atomic E-state index is 11.1. The van der Waals surface area contributed by atoms with E-state index in [4.69, 9.17) is 5.11 Å². The van der Waals surface area contributed by atoms with E-state index in [0.717, 1.165) is 18.6 Å². The highest BCUT2D eigenvalue weighted by Crippen LogP contribution is 2.20. The highest BCUT2D eigenvalue weighted by molar-refractivity contribution is 7.99. The Morgan fingerprint density at radius 1 is 1.33 bits per heavy atom. The van der Waals surface area contributed by atoms with Crippen molar-refractivity contribution in [1.82, 2.24) is 5.32 Å². The van der Waals surface area contributed by atoms with Crippen molar-refractivity contribution in [3.8, 4) is 0 Å². The molecule has 0 aliphatic heterocycles. The van der Waals surface area contributed by atoms with Crippen LogP contribution < -0.4 is 5.32 Å². The molecule has 0 aromatic heterocycles. The van der Waals surface area contributed by atoms with Gasteiger partial charge in [0.15, 0.2) is 0 Å². The molecule has 18 heavy (non-hydrogen) atoms. The van der Waals surface area contributed by atoms with Crippen LogP contribution in [0, 0.1) is 0 Å². The summed E-state index contributed by atoms with van der Waals surface area (Å²) in [4.78, 5) is 12.3. The molecule has 3 nitrogen and oxygen atoms in total. The van der Waals surface area contributed by atoms with Crippen LogP contribution in [0.2, 0.25) is 0 Å². The number of carbonyl (C=O) groups is 1. The van der Waals surface area contributed by atoms with Crippen LogP contribution in [0.25, 0.3) is 0 Å². The van der Waals surface area contributed by atoms with Crippen LogP contribution >= 0.6 is 11.8 Å². The van der Waals surface area contributed by atoms with Gasteiger partial charge in [0, 0.05) is 4.90 Å². The first-order chi connectivity index (χ1) is 8.58. The Balaban J connectivity index is 2.21. The summed E-state index contributed by atoms with van der Waals surface area (Å²) in [6.45, 7) is 1.74. The van der Waals surface area contributed by atoms with Gasteiger partial charge in [-0.1, -0.05) is 24.6 Å². The van der Waals surface area contributed by atoms with Crippen LogP contribution in [-0.2, 0) is 4.79 Å². The van der Waals surface area contributed by atoms with Gasteiger partial charge in [-0.2, -0.15) is 0 Å². The molecule has 1 aromatic carbocycles. The normalized spacial score (nSPS) is 14.1. The Labute approximate surface area is 113 Å². The van der Waals surface area contributed by atoms with Crippen molar-refractivity contribution in [2.24, 2.45) is 0 Å². The molecule has 0 bridgehead atoms. The third kappa shape index (κ3) is 4.70. The number of benzene rings is 1. The van der Waals surface area contributed by atoms with Crippen molar-refractivity contribution in [3.05, 3.63) is 30.3 Å². The van der Waals surface area contributed by atoms with E-state index in [1.165, 1.54) is 4.90 Å². The summed E-state index contributed by atoms with van der Waals surface area (Å²) >= 11 is 1.82. The van der Waals surface area contributed by atoms with Crippen molar-refractivity contribution < 1.29 is 9.90 Å². The molecule has 0 fully saturated rings. The smallest absolute Gasteiger partial charge is 0.323 e. The molecule has 2 N–H and O–H groups in total. The van der Waals surface area contributed by atoms with E-state index < -0.39 is 11.5 Å². The Hall–Kier alpha value is -1.00. The number of carboxylic acid groups (broad SMARTS) is 1. The van der Waals surface area contributed by atoms with Gasteiger partial charge in [-0.3, -0.25) is 4.79 Å². The Morgan fingerprint density at radius 2 is 2.00 bits per heavy atom. The monoisotopic (exact) mass is 267 g/mol. The molecule has 1 aromatic rings. The second kappa shape index (κ2) is 7.44. The zero-order valence-corrected chi connectivity index (χ0v) is 11.8. The third-order valence-electron chi connectivity index (χ3n) is 3.11. The summed E-state index contributed by atoms with van der Waals surface area (Å²) in [7, 11) is 1.70. The Morgan fingerprint density at radius 3 is 2.56 bits per heavy atom. The second-order valence-electron chi connectivity index (χ2n) is 4.51. The fourth-order valence-corrected chi connectivity index (χ4v) is 2.56. The van der Waals surface area contributed by atoms with Gasteiger partial charge in [0.05, 0.1) is 0 Å². The molecule has 0 saturated carbocycles. The number of rotatable bonds is 8. The quantitative estimate of drug-likeness (QED) is 0.561. The molecule has 0 amide bonds. The number of thioether (sulfide) groups is 1. The number of likely N-dealkylation sites (N-methyl/N-ethyl adjacent to an activating group) is 1. The average molecular weight is 267 g/mol. The molecule has 0 aliphatic rings. The molecule has 0 heterocycles. The summed E-state index contributed by atoms with van der Waals surface area (Å²) in [6.07, 6.45) is 2.61. The fraction of sp³-hybridized carbons (Fsp3) is 0.500. The first-order valence-corrected chi connectivity index (χ1v) is 7.17. The van der Waals surface area contributed by atoms with E-state index in [1.807, 2.05) is 30.0 Å². The van der Waals surface area contributed by atoms with Crippen molar-refractivity contribution in [2.45, 2.75) is 36.6 Å². The maximum Gasteiger partial charge on any atom is 0.323 e. The molecule has 0 spiro atoms. The van der Waals surface area contributed by atoms with Crippen LogP contribution in [0.3, 0.4) is 0 Å². The summed E-state index contributed by atoms with van der Waals surface area (Å²) in [5.41, 5.74) is -0.794. The van der Waals surface area contributed by atoms with Gasteiger partial charge >= 0.3 is 5.97 Å². The van der Waals surface area contributed by atoms with Gasteiger partial charge in [-0.05, 0) is 44.7 Å². The van der Waals surface area contributed by atoms with E-state index >= 15 is 0 Å². The number of aliphatic carboxylic acids is 1. The SMILES string of the molecule is CNC(C)(CCCCSc1ccccc1)C(=O)O. The molecular formula is C14H21NO2S. The largest absolute Gasteiger partial charge is 0.480 e. The molecule has 0 saturated heterocycles. The maximum atomic E-state index is 11.1. The minimum absolute atomic E-state index is 0.661. The lowest BCUT2D eigenvalue weighted by atomic mass is 9.95. The summed E-state index contributed by atoms with van der Waals surface area (Å²) < 4.78 is 0. The fourth-order valence-electron chi connectivity index (χ4n) is 1.63. The summed E-state index contributed by atoms with van der Waals surface area (Å²) in [5.74, 6) is 0.254. The van der Waals surface area contributed by atoms with Gasteiger partial charge < -0.3 is 10.4 Å². The minimum Gasteiger partial charge on any atom is -0.480 e. The topological polar surface area (TPSA) is 49.3 Å². The predicted molar refractivity (Wildman–Crippen MR) is 76.1 cm³/mol. The zero-order valence-electron chi connectivity index (χ0n) is 11.0. The lowest BCUT2D eigenvalue weighted by Crippen LogP contribution is -2.47. The Bertz CT molecular complexity index is 369. The van der Waals surface area contributed by atoms with Crippen molar-refractivity contribution in [3.63, 3.8) is 0 Å². The number of carboxylic acids is 1. The second-order valence-corrected chi connectivity index (χ2v) is 5.67. The van der Waals surface area contributed by atoms with Gasteiger partial charge in [-0.25, -0.2) is 0 Å². The summed E-state index contributed by atoms with van der Waals surface area (Å²) in [6, 6.07) is 10.3. The number of hydrogen-bond acceptors (Lipinski definition) is 3.